The van der Waals surface area contributed by atoms with E-state index in [-0.39, 0.29) is 23.6 Å². The number of hydrogen-bond acceptors (Lipinski definition) is 6. The maximum atomic E-state index is 13.3. The number of Topliss-reactive ketones (excluding diaryl/α,β-unsaturated/α-hetero) is 2. The van der Waals surface area contributed by atoms with Gasteiger partial charge in [0.25, 0.3) is 0 Å². The van der Waals surface area contributed by atoms with Crippen LogP contribution in [0.15, 0.2) is 36.4 Å². The maximum Gasteiger partial charge on any atom is 0.166 e. The molecular weight excluding hydrogens is 432 g/mol. The molecular formula is C28H32O6. The summed E-state index contributed by atoms with van der Waals surface area (Å²) in [6, 6.07) is 11.6. The van der Waals surface area contributed by atoms with Crippen LogP contribution in [-0.4, -0.2) is 51.2 Å². The number of benzene rings is 2. The molecule has 2 aromatic carbocycles. The van der Waals surface area contributed by atoms with Crippen LogP contribution in [0.1, 0.15) is 64.4 Å². The van der Waals surface area contributed by atoms with Crippen LogP contribution in [0.2, 0.25) is 0 Å². The molecule has 1 saturated carbocycles. The van der Waals surface area contributed by atoms with E-state index in [1.807, 2.05) is 44.2 Å². The molecule has 0 bridgehead atoms. The third kappa shape index (κ3) is 4.25. The van der Waals surface area contributed by atoms with E-state index >= 15 is 0 Å². The second kappa shape index (κ2) is 9.51. The zero-order chi connectivity index (χ0) is 23.8. The largest absolute Gasteiger partial charge is 0.491 e. The molecule has 2 aromatic rings. The minimum Gasteiger partial charge on any atom is -0.491 e. The summed E-state index contributed by atoms with van der Waals surface area (Å²) < 4.78 is 22.6. The highest BCUT2D eigenvalue weighted by Crippen LogP contribution is 2.53. The number of ether oxygens (including phenoxy) is 4. The van der Waals surface area contributed by atoms with Crippen LogP contribution in [0.4, 0.5) is 0 Å². The third-order valence-corrected chi connectivity index (χ3v) is 7.49. The Hall–Kier alpha value is -2.70. The average molecular weight is 465 g/mol. The molecule has 180 valence electrons. The lowest BCUT2D eigenvalue weighted by Crippen LogP contribution is -2.15. The molecule has 1 unspecified atom stereocenters. The predicted octanol–water partition coefficient (Wildman–Crippen LogP) is 4.68. The first-order valence-electron chi connectivity index (χ1n) is 12.2. The fourth-order valence-electron chi connectivity index (χ4n) is 5.56. The highest BCUT2D eigenvalue weighted by atomic mass is 16.5. The molecule has 0 N–H and O–H groups in total. The van der Waals surface area contributed by atoms with E-state index in [9.17, 15) is 9.59 Å². The van der Waals surface area contributed by atoms with Crippen molar-refractivity contribution < 1.29 is 28.5 Å². The van der Waals surface area contributed by atoms with Crippen molar-refractivity contribution in [3.63, 3.8) is 0 Å². The smallest absolute Gasteiger partial charge is 0.166 e. The molecule has 0 spiro atoms. The van der Waals surface area contributed by atoms with E-state index in [2.05, 4.69) is 0 Å². The lowest BCUT2D eigenvalue weighted by atomic mass is 9.85. The summed E-state index contributed by atoms with van der Waals surface area (Å²) in [6.45, 7) is 6.36. The molecule has 0 amide bonds. The quantitative estimate of drug-likeness (QED) is 0.376. The van der Waals surface area contributed by atoms with E-state index in [1.54, 1.807) is 13.2 Å². The Morgan fingerprint density at radius 1 is 1.06 bits per heavy atom. The molecule has 1 aliphatic carbocycles. The van der Waals surface area contributed by atoms with Gasteiger partial charge < -0.3 is 18.9 Å². The molecule has 6 nitrogen and oxygen atoms in total. The Kier molecular flexibility index (Phi) is 6.45. The van der Waals surface area contributed by atoms with Crippen molar-refractivity contribution in [3.05, 3.63) is 58.7 Å². The topological polar surface area (TPSA) is 71.1 Å². The fraction of sp³-hybridized carbons (Fsp3) is 0.500. The van der Waals surface area contributed by atoms with Crippen LogP contribution in [0.25, 0.3) is 0 Å². The summed E-state index contributed by atoms with van der Waals surface area (Å²) in [7, 11) is 1.64. The van der Waals surface area contributed by atoms with Crippen LogP contribution in [0.3, 0.4) is 0 Å². The molecule has 3 aliphatic rings. The summed E-state index contributed by atoms with van der Waals surface area (Å²) in [6.07, 6.45) is 0.707. The standard InChI is InChI=1S/C28H32O6/c1-4-25(29)21-11-18(26(30)13-20-23-14-32-15-24(20)23)12-22-27(16(2)34-28(21)22)17-6-5-7-19(10-17)33-9-8-31-3/h5-7,10-12,16,20,23-24,27H,4,8-9,13-15H2,1-3H3/t16-,20?,23-,24+,27-/m1/s1. The van der Waals surface area contributed by atoms with Crippen molar-refractivity contribution in [1.29, 1.82) is 0 Å². The first-order valence-corrected chi connectivity index (χ1v) is 12.2. The Bertz CT molecular complexity index is 1080. The Balaban J connectivity index is 1.47. The lowest BCUT2D eigenvalue weighted by Gasteiger charge is -2.17. The van der Waals surface area contributed by atoms with E-state index in [4.69, 9.17) is 18.9 Å². The summed E-state index contributed by atoms with van der Waals surface area (Å²) in [4.78, 5) is 26.1. The van der Waals surface area contributed by atoms with Gasteiger partial charge in [0.2, 0.25) is 0 Å². The van der Waals surface area contributed by atoms with Crippen molar-refractivity contribution in [2.24, 2.45) is 17.8 Å². The van der Waals surface area contributed by atoms with Gasteiger partial charge >= 0.3 is 0 Å². The average Bonchev–Trinajstić information content (AvgIpc) is 3.15. The second-order valence-electron chi connectivity index (χ2n) is 9.59. The molecule has 1 saturated heterocycles. The molecule has 0 radical (unpaired) electrons. The number of hydrogen-bond donors (Lipinski definition) is 0. The molecule has 5 rings (SSSR count). The van der Waals surface area contributed by atoms with Crippen molar-refractivity contribution in [1.82, 2.24) is 0 Å². The van der Waals surface area contributed by atoms with Gasteiger partial charge in [-0.3, -0.25) is 9.59 Å². The van der Waals surface area contributed by atoms with Crippen LogP contribution in [-0.2, 0) is 9.47 Å². The third-order valence-electron chi connectivity index (χ3n) is 7.49. The molecule has 2 fully saturated rings. The van der Waals surface area contributed by atoms with Crippen molar-refractivity contribution in [3.8, 4) is 11.5 Å². The summed E-state index contributed by atoms with van der Waals surface area (Å²) in [5.41, 5.74) is 3.07. The minimum absolute atomic E-state index is 0.00732. The Morgan fingerprint density at radius 3 is 2.59 bits per heavy atom. The molecule has 6 heteroatoms. The van der Waals surface area contributed by atoms with E-state index in [0.717, 1.165) is 30.1 Å². The zero-order valence-electron chi connectivity index (χ0n) is 20.0. The molecule has 0 aromatic heterocycles. The first kappa shape index (κ1) is 23.1. The van der Waals surface area contributed by atoms with Gasteiger partial charge in [0.05, 0.1) is 25.4 Å². The summed E-state index contributed by atoms with van der Waals surface area (Å²) >= 11 is 0. The van der Waals surface area contributed by atoms with E-state index < -0.39 is 0 Å². The molecule has 34 heavy (non-hydrogen) atoms. The van der Waals surface area contributed by atoms with Gasteiger partial charge in [-0.15, -0.1) is 0 Å². The van der Waals surface area contributed by atoms with Gasteiger partial charge in [0.15, 0.2) is 11.6 Å². The number of ketones is 2. The van der Waals surface area contributed by atoms with Gasteiger partial charge in [-0.2, -0.15) is 0 Å². The Labute approximate surface area is 200 Å². The Morgan fingerprint density at radius 2 is 1.85 bits per heavy atom. The van der Waals surface area contributed by atoms with Crippen LogP contribution in [0.5, 0.6) is 11.5 Å². The summed E-state index contributed by atoms with van der Waals surface area (Å²) in [5, 5.41) is 0. The van der Waals surface area contributed by atoms with Crippen molar-refractivity contribution in [2.45, 2.75) is 38.7 Å². The van der Waals surface area contributed by atoms with Crippen molar-refractivity contribution in [2.75, 3.05) is 33.5 Å². The summed E-state index contributed by atoms with van der Waals surface area (Å²) in [5.74, 6) is 2.82. The highest BCUT2D eigenvalue weighted by Gasteiger charge is 2.54. The van der Waals surface area contributed by atoms with Crippen molar-refractivity contribution >= 4 is 11.6 Å². The van der Waals surface area contributed by atoms with Crippen LogP contribution in [0, 0.1) is 17.8 Å². The molecule has 5 atom stereocenters. The van der Waals surface area contributed by atoms with Gasteiger partial charge in [-0.05, 0) is 54.5 Å². The highest BCUT2D eigenvalue weighted by molar-refractivity contribution is 6.04. The number of fused-ring (bicyclic) bond motifs is 2. The first-order chi connectivity index (χ1) is 16.5. The second-order valence-corrected chi connectivity index (χ2v) is 9.59. The van der Waals surface area contributed by atoms with Gasteiger partial charge in [0.1, 0.15) is 24.2 Å². The maximum absolute atomic E-state index is 13.3. The van der Waals surface area contributed by atoms with Crippen LogP contribution >= 0.6 is 0 Å². The predicted molar refractivity (Wildman–Crippen MR) is 127 cm³/mol. The number of carbonyl (C=O) groups excluding carboxylic acids is 2. The minimum atomic E-state index is -0.169. The molecule has 2 heterocycles. The SMILES string of the molecule is CCC(=O)c1cc(C(=O)CC2[C@H]3COC[C@@H]23)cc2c1O[C@H](C)[C@@H]2c1cccc(OCCOC)c1. The zero-order valence-corrected chi connectivity index (χ0v) is 20.0. The van der Waals surface area contributed by atoms with Gasteiger partial charge in [-0.25, -0.2) is 0 Å². The monoisotopic (exact) mass is 464 g/mol. The number of rotatable bonds is 10. The van der Waals surface area contributed by atoms with E-state index in [0.29, 0.717) is 60.7 Å². The van der Waals surface area contributed by atoms with Gasteiger partial charge in [0, 0.05) is 37.0 Å². The van der Waals surface area contributed by atoms with Crippen LogP contribution < -0.4 is 9.47 Å². The number of carbonyl (C=O) groups is 2. The lowest BCUT2D eigenvalue weighted by molar-refractivity contribution is 0.0950. The number of methoxy groups -OCH3 is 1. The fourth-order valence-corrected chi connectivity index (χ4v) is 5.56. The normalized spacial score (nSPS) is 26.5. The van der Waals surface area contributed by atoms with E-state index in [1.165, 1.54) is 0 Å². The molecule has 2 aliphatic heterocycles. The van der Waals surface area contributed by atoms with Gasteiger partial charge in [-0.1, -0.05) is 19.1 Å².